The van der Waals surface area contributed by atoms with E-state index in [-0.39, 0.29) is 24.1 Å². The average Bonchev–Trinajstić information content (AvgIpc) is 2.77. The predicted octanol–water partition coefficient (Wildman–Crippen LogP) is 2.62. The second-order valence-electron chi connectivity index (χ2n) is 4.09. The molecule has 7 heteroatoms. The Balaban J connectivity index is 0.00000324. The Morgan fingerprint density at radius 1 is 1.32 bits per heavy atom. The van der Waals surface area contributed by atoms with Crippen LogP contribution in [-0.4, -0.2) is 23.2 Å². The molecule has 0 saturated heterocycles. The number of carbonyl (C=O) groups is 2. The Morgan fingerprint density at radius 2 is 2.00 bits per heavy atom. The number of amides is 1. The lowest BCUT2D eigenvalue weighted by Gasteiger charge is -2.01. The predicted molar refractivity (Wildman–Crippen MR) is 80.1 cm³/mol. The van der Waals surface area contributed by atoms with Crippen LogP contribution in [0.1, 0.15) is 48.7 Å². The molecule has 108 valence electrons. The number of rotatable bonds is 8. The quantitative estimate of drug-likeness (QED) is 0.571. The molecule has 1 rings (SSSR count). The molecule has 3 N–H and O–H groups in total. The molecule has 0 fully saturated rings. The third-order valence-electron chi connectivity index (χ3n) is 2.46. The highest BCUT2D eigenvalue weighted by Crippen LogP contribution is 2.18. The van der Waals surface area contributed by atoms with Gasteiger partial charge in [0.25, 0.3) is 0 Å². The number of aromatic nitrogens is 1. The summed E-state index contributed by atoms with van der Waals surface area (Å²) >= 11 is 1.21. The lowest BCUT2D eigenvalue weighted by molar-refractivity contribution is -0.116. The molecular formula is C12H20ClN3O2S. The third-order valence-corrected chi connectivity index (χ3v) is 3.47. The summed E-state index contributed by atoms with van der Waals surface area (Å²) in [5.41, 5.74) is 5.39. The van der Waals surface area contributed by atoms with E-state index in [1.54, 1.807) is 0 Å². The maximum Gasteiger partial charge on any atom is 0.226 e. The molecule has 0 unspecified atom stereocenters. The van der Waals surface area contributed by atoms with Crippen LogP contribution in [0, 0.1) is 0 Å². The number of thiazole rings is 1. The second kappa shape index (κ2) is 9.89. The summed E-state index contributed by atoms with van der Waals surface area (Å²) in [5, 5.41) is 3.19. The van der Waals surface area contributed by atoms with Gasteiger partial charge in [-0.05, 0) is 19.4 Å². The summed E-state index contributed by atoms with van der Waals surface area (Å²) in [5.74, 6) is -0.0815. The third kappa shape index (κ3) is 7.25. The maximum absolute atomic E-state index is 11.6. The Morgan fingerprint density at radius 3 is 2.58 bits per heavy atom. The summed E-state index contributed by atoms with van der Waals surface area (Å²) < 4.78 is 0. The van der Waals surface area contributed by atoms with E-state index in [1.807, 2.05) is 0 Å². The van der Waals surface area contributed by atoms with Crippen molar-refractivity contribution in [1.82, 2.24) is 4.98 Å². The molecule has 1 heterocycles. The van der Waals surface area contributed by atoms with Crippen molar-refractivity contribution in [1.29, 1.82) is 0 Å². The van der Waals surface area contributed by atoms with E-state index < -0.39 is 0 Å². The fraction of sp³-hybridized carbons (Fsp3) is 0.583. The second-order valence-corrected chi connectivity index (χ2v) is 5.12. The van der Waals surface area contributed by atoms with Crippen LogP contribution in [0.25, 0.3) is 0 Å². The molecule has 0 aliphatic rings. The Kier molecular flexibility index (Phi) is 9.38. The van der Waals surface area contributed by atoms with E-state index in [2.05, 4.69) is 10.3 Å². The molecule has 1 aromatic rings. The highest BCUT2D eigenvalue weighted by Gasteiger charge is 2.08. The number of Topliss-reactive ketones (excluding diaryl/α,β-unsaturated/α-hetero) is 1. The van der Waals surface area contributed by atoms with Gasteiger partial charge in [0.1, 0.15) is 0 Å². The van der Waals surface area contributed by atoms with Crippen molar-refractivity contribution in [3.8, 4) is 0 Å². The monoisotopic (exact) mass is 305 g/mol. The van der Waals surface area contributed by atoms with E-state index in [9.17, 15) is 9.59 Å². The topological polar surface area (TPSA) is 85.1 Å². The minimum absolute atomic E-state index is 0. The van der Waals surface area contributed by atoms with Gasteiger partial charge in [-0.25, -0.2) is 4.98 Å². The molecule has 1 amide bonds. The van der Waals surface area contributed by atoms with Gasteiger partial charge in [0.05, 0.1) is 11.1 Å². The van der Waals surface area contributed by atoms with Crippen LogP contribution in [0.15, 0.2) is 6.20 Å². The number of nitrogens with two attached hydrogens (primary N) is 1. The first-order valence-electron chi connectivity index (χ1n) is 6.10. The molecule has 0 bridgehead atoms. The molecule has 0 saturated carbocycles. The highest BCUT2D eigenvalue weighted by atomic mass is 35.5. The van der Waals surface area contributed by atoms with Crippen molar-refractivity contribution >= 4 is 40.6 Å². The van der Waals surface area contributed by atoms with Crippen LogP contribution in [0.4, 0.5) is 5.13 Å². The van der Waals surface area contributed by atoms with Crippen LogP contribution in [0.3, 0.4) is 0 Å². The van der Waals surface area contributed by atoms with E-state index in [1.165, 1.54) is 24.5 Å². The Hall–Kier alpha value is -0.980. The van der Waals surface area contributed by atoms with Crippen LogP contribution in [-0.2, 0) is 4.79 Å². The number of nitrogens with zero attached hydrogens (tertiary/aromatic N) is 1. The van der Waals surface area contributed by atoms with Gasteiger partial charge in [-0.2, -0.15) is 0 Å². The zero-order chi connectivity index (χ0) is 13.4. The molecule has 19 heavy (non-hydrogen) atoms. The van der Waals surface area contributed by atoms with Gasteiger partial charge < -0.3 is 11.1 Å². The first-order valence-corrected chi connectivity index (χ1v) is 6.92. The first kappa shape index (κ1) is 18.0. The Bertz CT molecular complexity index is 409. The van der Waals surface area contributed by atoms with E-state index in [0.717, 1.165) is 25.7 Å². The zero-order valence-corrected chi connectivity index (χ0v) is 12.6. The van der Waals surface area contributed by atoms with Crippen molar-refractivity contribution in [3.63, 3.8) is 0 Å². The van der Waals surface area contributed by atoms with E-state index >= 15 is 0 Å². The SMILES string of the molecule is CC(=O)c1cnc(NC(=O)CCCCCCN)s1.Cl. The van der Waals surface area contributed by atoms with Gasteiger partial charge in [0.2, 0.25) is 5.91 Å². The molecule has 5 nitrogen and oxygen atoms in total. The molecule has 0 aliphatic heterocycles. The van der Waals surface area contributed by atoms with Gasteiger partial charge in [0, 0.05) is 13.3 Å². The molecule has 0 atom stereocenters. The van der Waals surface area contributed by atoms with Gasteiger partial charge in [-0.3, -0.25) is 9.59 Å². The summed E-state index contributed by atoms with van der Waals surface area (Å²) in [6.45, 7) is 2.19. The number of anilines is 1. The van der Waals surface area contributed by atoms with Crippen molar-refractivity contribution in [2.75, 3.05) is 11.9 Å². The number of unbranched alkanes of at least 4 members (excludes halogenated alkanes) is 3. The summed E-state index contributed by atoms with van der Waals surface area (Å²) in [7, 11) is 0. The Labute approximate surface area is 123 Å². The summed E-state index contributed by atoms with van der Waals surface area (Å²) in [6, 6.07) is 0. The first-order chi connectivity index (χ1) is 8.63. The van der Waals surface area contributed by atoms with Gasteiger partial charge in [0.15, 0.2) is 10.9 Å². The fourth-order valence-corrected chi connectivity index (χ4v) is 2.19. The fourth-order valence-electron chi connectivity index (χ4n) is 1.46. The smallest absolute Gasteiger partial charge is 0.226 e. The van der Waals surface area contributed by atoms with Crippen LogP contribution in [0.2, 0.25) is 0 Å². The van der Waals surface area contributed by atoms with Gasteiger partial charge in [-0.1, -0.05) is 24.2 Å². The molecular weight excluding hydrogens is 286 g/mol. The number of ketones is 1. The lowest BCUT2D eigenvalue weighted by Crippen LogP contribution is -2.10. The lowest BCUT2D eigenvalue weighted by atomic mass is 10.1. The zero-order valence-electron chi connectivity index (χ0n) is 11.0. The van der Waals surface area contributed by atoms with Crippen molar-refractivity contribution in [2.24, 2.45) is 5.73 Å². The summed E-state index contributed by atoms with van der Waals surface area (Å²) in [6.07, 6.45) is 5.92. The van der Waals surface area contributed by atoms with Crippen LogP contribution < -0.4 is 11.1 Å². The maximum atomic E-state index is 11.6. The number of halogens is 1. The average molecular weight is 306 g/mol. The molecule has 0 radical (unpaired) electrons. The molecule has 0 aromatic carbocycles. The van der Waals surface area contributed by atoms with Crippen LogP contribution >= 0.6 is 23.7 Å². The van der Waals surface area contributed by atoms with Crippen molar-refractivity contribution in [3.05, 3.63) is 11.1 Å². The standard InChI is InChI=1S/C12H19N3O2S.ClH/c1-9(16)10-8-14-12(18-10)15-11(17)6-4-2-3-5-7-13;/h8H,2-7,13H2,1H3,(H,14,15,17);1H. The van der Waals surface area contributed by atoms with Crippen molar-refractivity contribution < 1.29 is 9.59 Å². The number of carbonyl (C=O) groups excluding carboxylic acids is 2. The molecule has 0 aliphatic carbocycles. The van der Waals surface area contributed by atoms with Crippen LogP contribution in [0.5, 0.6) is 0 Å². The minimum atomic E-state index is -0.0489. The van der Waals surface area contributed by atoms with E-state index in [4.69, 9.17) is 5.73 Å². The van der Waals surface area contributed by atoms with Gasteiger partial charge >= 0.3 is 0 Å². The highest BCUT2D eigenvalue weighted by molar-refractivity contribution is 7.17. The van der Waals surface area contributed by atoms with E-state index in [0.29, 0.717) is 23.0 Å². The molecule has 0 spiro atoms. The number of hydrogen-bond acceptors (Lipinski definition) is 5. The van der Waals surface area contributed by atoms with Crippen molar-refractivity contribution in [2.45, 2.75) is 39.0 Å². The number of nitrogens with one attached hydrogen (secondary N) is 1. The number of hydrogen-bond donors (Lipinski definition) is 2. The minimum Gasteiger partial charge on any atom is -0.330 e. The largest absolute Gasteiger partial charge is 0.330 e. The molecule has 1 aromatic heterocycles. The summed E-state index contributed by atoms with van der Waals surface area (Å²) in [4.78, 5) is 27.2. The normalized spacial score (nSPS) is 9.79. The van der Waals surface area contributed by atoms with Gasteiger partial charge in [-0.15, -0.1) is 12.4 Å².